The van der Waals surface area contributed by atoms with E-state index in [4.69, 9.17) is 0 Å². The van der Waals surface area contributed by atoms with E-state index in [-0.39, 0.29) is 11.5 Å². The Morgan fingerprint density at radius 3 is 2.06 bits per heavy atom. The molecule has 0 saturated carbocycles. The van der Waals surface area contributed by atoms with Gasteiger partial charge in [-0.2, -0.15) is 0 Å². The minimum atomic E-state index is -0.520. The van der Waals surface area contributed by atoms with Crippen molar-refractivity contribution >= 4 is 15.9 Å². The lowest BCUT2D eigenvalue weighted by molar-refractivity contribution is 0.367. The van der Waals surface area contributed by atoms with Crippen LogP contribution < -0.4 is 0 Å². The number of hydrogen-bond acceptors (Lipinski definition) is 3. The molecule has 2 aromatic rings. The van der Waals surface area contributed by atoms with Crippen LogP contribution in [0.2, 0.25) is 0 Å². The van der Waals surface area contributed by atoms with Gasteiger partial charge >= 0.3 is 0 Å². The average molecular weight is 281 g/mol. The first kappa shape index (κ1) is 10.8. The third kappa shape index (κ3) is 1.72. The fraction of sp³-hybridized carbons (Fsp3) is 0. The van der Waals surface area contributed by atoms with Gasteiger partial charge in [-0.05, 0) is 27.6 Å². The molecule has 0 aliphatic rings. The topological polar surface area (TPSA) is 60.7 Å². The number of rotatable bonds is 1. The van der Waals surface area contributed by atoms with Gasteiger partial charge in [0.05, 0.1) is 4.47 Å². The highest BCUT2D eigenvalue weighted by atomic mass is 79.9. The van der Waals surface area contributed by atoms with Crippen molar-refractivity contribution in [2.45, 2.75) is 0 Å². The molecule has 0 spiro atoms. The molecule has 3 nitrogen and oxygen atoms in total. The predicted molar refractivity (Wildman–Crippen MR) is 64.6 cm³/mol. The molecule has 0 unspecified atom stereocenters. The lowest BCUT2D eigenvalue weighted by Gasteiger charge is -2.09. The third-order valence-electron chi connectivity index (χ3n) is 2.29. The molecule has 0 saturated heterocycles. The minimum Gasteiger partial charge on any atom is -0.504 e. The van der Waals surface area contributed by atoms with Crippen LogP contribution in [0.4, 0.5) is 0 Å². The van der Waals surface area contributed by atoms with Crippen molar-refractivity contribution in [3.63, 3.8) is 0 Å². The summed E-state index contributed by atoms with van der Waals surface area (Å²) in [6.07, 6.45) is 0. The summed E-state index contributed by atoms with van der Waals surface area (Å²) < 4.78 is 0.335. The van der Waals surface area contributed by atoms with Crippen molar-refractivity contribution in [1.82, 2.24) is 0 Å². The first-order valence-corrected chi connectivity index (χ1v) is 5.39. The largest absolute Gasteiger partial charge is 0.504 e. The van der Waals surface area contributed by atoms with Crippen LogP contribution in [0.15, 0.2) is 40.9 Å². The van der Waals surface area contributed by atoms with Crippen molar-refractivity contribution in [3.05, 3.63) is 40.9 Å². The van der Waals surface area contributed by atoms with E-state index in [1.807, 2.05) is 18.2 Å². The van der Waals surface area contributed by atoms with Crippen molar-refractivity contribution in [2.75, 3.05) is 0 Å². The number of phenolic OH excluding ortho intramolecular Hbond substituents is 3. The summed E-state index contributed by atoms with van der Waals surface area (Å²) >= 11 is 3.11. The zero-order valence-electron chi connectivity index (χ0n) is 8.18. The van der Waals surface area contributed by atoms with Crippen LogP contribution in [0.5, 0.6) is 17.2 Å². The standard InChI is InChI=1S/C12H9BrO3/c13-9-6-8(7-4-2-1-3-5-7)10(14)12(16)11(9)15/h1-6,14-16H. The van der Waals surface area contributed by atoms with Crippen molar-refractivity contribution in [1.29, 1.82) is 0 Å². The molecule has 0 amide bonds. The summed E-state index contributed by atoms with van der Waals surface area (Å²) in [6, 6.07) is 10.7. The first-order chi connectivity index (χ1) is 7.61. The van der Waals surface area contributed by atoms with Crippen LogP contribution in [0, 0.1) is 0 Å². The Morgan fingerprint density at radius 1 is 0.812 bits per heavy atom. The molecule has 2 rings (SSSR count). The smallest absolute Gasteiger partial charge is 0.202 e. The van der Waals surface area contributed by atoms with E-state index in [1.54, 1.807) is 18.2 Å². The zero-order chi connectivity index (χ0) is 11.7. The molecule has 0 fully saturated rings. The van der Waals surface area contributed by atoms with Crippen LogP contribution >= 0.6 is 15.9 Å². The summed E-state index contributed by atoms with van der Waals surface area (Å²) in [6.45, 7) is 0. The van der Waals surface area contributed by atoms with Crippen molar-refractivity contribution in [2.24, 2.45) is 0 Å². The van der Waals surface area contributed by atoms with Crippen molar-refractivity contribution in [3.8, 4) is 28.4 Å². The van der Waals surface area contributed by atoms with E-state index in [9.17, 15) is 15.3 Å². The molecule has 3 N–H and O–H groups in total. The number of aromatic hydroxyl groups is 3. The molecule has 16 heavy (non-hydrogen) atoms. The van der Waals surface area contributed by atoms with Gasteiger partial charge < -0.3 is 15.3 Å². The molecule has 2 aromatic carbocycles. The molecule has 0 aliphatic carbocycles. The summed E-state index contributed by atoms with van der Waals surface area (Å²) in [7, 11) is 0. The Hall–Kier alpha value is -1.68. The van der Waals surface area contributed by atoms with Crippen molar-refractivity contribution < 1.29 is 15.3 Å². The maximum atomic E-state index is 9.73. The normalized spacial score (nSPS) is 10.3. The van der Waals surface area contributed by atoms with Gasteiger partial charge in [0.25, 0.3) is 0 Å². The Morgan fingerprint density at radius 2 is 1.44 bits per heavy atom. The molecule has 0 bridgehead atoms. The highest BCUT2D eigenvalue weighted by molar-refractivity contribution is 9.10. The molecule has 0 aromatic heterocycles. The van der Waals surface area contributed by atoms with E-state index in [2.05, 4.69) is 15.9 Å². The molecule has 0 radical (unpaired) electrons. The van der Waals surface area contributed by atoms with E-state index in [1.165, 1.54) is 0 Å². The average Bonchev–Trinajstić information content (AvgIpc) is 2.32. The Kier molecular flexibility index (Phi) is 2.75. The van der Waals surface area contributed by atoms with Gasteiger partial charge in [0.1, 0.15) is 0 Å². The van der Waals surface area contributed by atoms with E-state index < -0.39 is 5.75 Å². The van der Waals surface area contributed by atoms with Gasteiger partial charge in [-0.1, -0.05) is 30.3 Å². The quantitative estimate of drug-likeness (QED) is 0.703. The van der Waals surface area contributed by atoms with Crippen LogP contribution in [-0.4, -0.2) is 15.3 Å². The first-order valence-electron chi connectivity index (χ1n) is 4.60. The third-order valence-corrected chi connectivity index (χ3v) is 2.89. The fourth-order valence-electron chi connectivity index (χ4n) is 1.45. The summed E-state index contributed by atoms with van der Waals surface area (Å²) in [5.41, 5.74) is 1.22. The molecule has 0 heterocycles. The minimum absolute atomic E-state index is 0.327. The maximum Gasteiger partial charge on any atom is 0.202 e. The van der Waals surface area contributed by atoms with Gasteiger partial charge in [0.2, 0.25) is 5.75 Å². The second-order valence-corrected chi connectivity index (χ2v) is 4.17. The second-order valence-electron chi connectivity index (χ2n) is 3.32. The maximum absolute atomic E-state index is 9.73. The molecular formula is C12H9BrO3. The molecule has 0 aliphatic heterocycles. The molecule has 0 atom stereocenters. The van der Waals surface area contributed by atoms with Crippen LogP contribution in [-0.2, 0) is 0 Å². The SMILES string of the molecule is Oc1c(Br)cc(-c2ccccc2)c(O)c1O. The Balaban J connectivity index is 2.68. The molecule has 4 heteroatoms. The van der Waals surface area contributed by atoms with Crippen LogP contribution in [0.3, 0.4) is 0 Å². The highest BCUT2D eigenvalue weighted by Gasteiger charge is 2.15. The van der Waals surface area contributed by atoms with E-state index in [0.29, 0.717) is 10.0 Å². The Labute approximate surface area is 101 Å². The van der Waals surface area contributed by atoms with Gasteiger partial charge in [-0.15, -0.1) is 0 Å². The van der Waals surface area contributed by atoms with E-state index >= 15 is 0 Å². The number of benzene rings is 2. The summed E-state index contributed by atoms with van der Waals surface area (Å²) in [5.74, 6) is -1.21. The van der Waals surface area contributed by atoms with Gasteiger partial charge in [-0.25, -0.2) is 0 Å². The van der Waals surface area contributed by atoms with Crippen LogP contribution in [0.25, 0.3) is 11.1 Å². The second kappa shape index (κ2) is 4.06. The number of hydrogen-bond donors (Lipinski definition) is 3. The summed E-state index contributed by atoms with van der Waals surface area (Å²) in [5, 5.41) is 28.6. The monoisotopic (exact) mass is 280 g/mol. The highest BCUT2D eigenvalue weighted by Crippen LogP contribution is 2.46. The fourth-order valence-corrected chi connectivity index (χ4v) is 1.87. The number of phenols is 3. The number of halogens is 1. The lowest BCUT2D eigenvalue weighted by Crippen LogP contribution is -1.81. The van der Waals surface area contributed by atoms with Gasteiger partial charge in [0.15, 0.2) is 11.5 Å². The predicted octanol–water partition coefficient (Wildman–Crippen LogP) is 3.23. The molecular weight excluding hydrogens is 272 g/mol. The lowest BCUT2D eigenvalue weighted by atomic mass is 10.0. The molecule has 82 valence electrons. The Bertz CT molecular complexity index is 524. The summed E-state index contributed by atoms with van der Waals surface area (Å²) in [4.78, 5) is 0. The van der Waals surface area contributed by atoms with E-state index in [0.717, 1.165) is 5.56 Å². The van der Waals surface area contributed by atoms with Gasteiger partial charge in [-0.3, -0.25) is 0 Å². The van der Waals surface area contributed by atoms with Gasteiger partial charge in [0, 0.05) is 5.56 Å². The zero-order valence-corrected chi connectivity index (χ0v) is 9.77. The van der Waals surface area contributed by atoms with Crippen LogP contribution in [0.1, 0.15) is 0 Å².